The first-order chi connectivity index (χ1) is 20.8. The van der Waals surface area contributed by atoms with E-state index in [1.54, 1.807) is 49.7 Å². The van der Waals surface area contributed by atoms with E-state index in [1.807, 2.05) is 19.1 Å². The highest BCUT2D eigenvalue weighted by molar-refractivity contribution is 7.90. The van der Waals surface area contributed by atoms with E-state index in [-0.39, 0.29) is 17.3 Å². The van der Waals surface area contributed by atoms with Crippen LogP contribution in [0.15, 0.2) is 65.8 Å². The first-order valence-electron chi connectivity index (χ1n) is 13.8. The SMILES string of the molecule is COCOC1(c2ncc(-c3c(Cl)cnc4c3cc(-c3ccc5c(c3)OCCO5)n4S(=O)(=O)c3ccc(C)cc3)s2)CCC1. The topological polar surface area (TPSA) is 102 Å². The molecule has 43 heavy (non-hydrogen) atoms. The molecule has 4 heterocycles. The van der Waals surface area contributed by atoms with E-state index in [9.17, 15) is 8.42 Å². The van der Waals surface area contributed by atoms with Crippen LogP contribution in [0.25, 0.3) is 32.7 Å². The van der Waals surface area contributed by atoms with Crippen LogP contribution < -0.4 is 9.47 Å². The Morgan fingerprint density at radius 3 is 2.51 bits per heavy atom. The van der Waals surface area contributed by atoms with Crippen molar-refractivity contribution in [2.75, 3.05) is 27.1 Å². The number of rotatable bonds is 8. The largest absolute Gasteiger partial charge is 0.486 e. The van der Waals surface area contributed by atoms with Gasteiger partial charge in [-0.15, -0.1) is 11.3 Å². The van der Waals surface area contributed by atoms with Crippen LogP contribution in [0.2, 0.25) is 5.02 Å². The van der Waals surface area contributed by atoms with Crippen molar-refractivity contribution >= 4 is 44.0 Å². The molecule has 3 aromatic heterocycles. The van der Waals surface area contributed by atoms with Crippen molar-refractivity contribution in [1.29, 1.82) is 0 Å². The molecule has 5 aromatic rings. The minimum atomic E-state index is -4.08. The first-order valence-corrected chi connectivity index (χ1v) is 16.5. The number of methoxy groups -OCH3 is 1. The lowest BCUT2D eigenvalue weighted by Gasteiger charge is -2.39. The van der Waals surface area contributed by atoms with Gasteiger partial charge in [0.2, 0.25) is 0 Å². The van der Waals surface area contributed by atoms with Crippen molar-refractivity contribution in [2.24, 2.45) is 0 Å². The molecule has 1 aliphatic carbocycles. The van der Waals surface area contributed by atoms with Gasteiger partial charge in [-0.05, 0) is 62.6 Å². The van der Waals surface area contributed by atoms with Gasteiger partial charge in [0, 0.05) is 36.0 Å². The van der Waals surface area contributed by atoms with Gasteiger partial charge in [0.15, 0.2) is 17.1 Å². The van der Waals surface area contributed by atoms with E-state index in [1.165, 1.54) is 21.5 Å². The van der Waals surface area contributed by atoms with E-state index >= 15 is 0 Å². The zero-order chi connectivity index (χ0) is 29.8. The quantitative estimate of drug-likeness (QED) is 0.171. The standard InChI is InChI=1S/C31H28ClN3O6S2/c1-19-4-7-21(8-5-19)43(36,37)35-24(20-6-9-25-26(14-20)40-13-12-39-25)15-22-28(23(32)16-33-29(22)35)27-17-34-30(42-27)31(10-3-11-31)41-18-38-2/h4-9,14-17H,3,10-13,18H2,1-2H3. The number of aryl methyl sites for hydroxylation is 1. The number of thiazole rings is 1. The Morgan fingerprint density at radius 2 is 1.79 bits per heavy atom. The predicted octanol–water partition coefficient (Wildman–Crippen LogP) is 6.80. The summed E-state index contributed by atoms with van der Waals surface area (Å²) < 4.78 is 52.7. The molecule has 222 valence electrons. The molecule has 0 N–H and O–H groups in total. The molecule has 0 spiro atoms. The predicted molar refractivity (Wildman–Crippen MR) is 165 cm³/mol. The van der Waals surface area contributed by atoms with Crippen LogP contribution in [-0.4, -0.2) is 49.5 Å². The van der Waals surface area contributed by atoms with Gasteiger partial charge in [0.05, 0.1) is 20.5 Å². The second-order valence-electron chi connectivity index (χ2n) is 10.6. The Morgan fingerprint density at radius 1 is 1.02 bits per heavy atom. The van der Waals surface area contributed by atoms with Crippen LogP contribution in [0.4, 0.5) is 0 Å². The van der Waals surface area contributed by atoms with Crippen molar-refractivity contribution in [3.63, 3.8) is 0 Å². The van der Waals surface area contributed by atoms with Gasteiger partial charge < -0.3 is 18.9 Å². The van der Waals surface area contributed by atoms with Crippen LogP contribution in [0.1, 0.15) is 29.8 Å². The Hall–Kier alpha value is -3.48. The maximum absolute atomic E-state index is 14.3. The fourth-order valence-corrected chi connectivity index (χ4v) is 8.48. The van der Waals surface area contributed by atoms with E-state index in [0.717, 1.165) is 34.7 Å². The smallest absolute Gasteiger partial charge is 0.269 e. The van der Waals surface area contributed by atoms with Gasteiger partial charge in [-0.1, -0.05) is 29.3 Å². The second-order valence-corrected chi connectivity index (χ2v) is 13.8. The lowest BCUT2D eigenvalue weighted by atomic mass is 9.80. The molecular weight excluding hydrogens is 610 g/mol. The summed E-state index contributed by atoms with van der Waals surface area (Å²) in [6, 6.07) is 14.0. The highest BCUT2D eigenvalue weighted by Gasteiger charge is 2.43. The molecule has 9 nitrogen and oxygen atoms in total. The molecule has 2 aliphatic rings. The molecule has 0 radical (unpaired) electrons. The average Bonchev–Trinajstić information content (AvgIpc) is 3.63. The minimum absolute atomic E-state index is 0.148. The zero-order valence-corrected chi connectivity index (χ0v) is 25.9. The highest BCUT2D eigenvalue weighted by atomic mass is 35.5. The van der Waals surface area contributed by atoms with Gasteiger partial charge in [0.1, 0.15) is 30.6 Å². The van der Waals surface area contributed by atoms with Crippen LogP contribution in [0.3, 0.4) is 0 Å². The Labute approximate surface area is 258 Å². The van der Waals surface area contributed by atoms with E-state index < -0.39 is 15.6 Å². The van der Waals surface area contributed by atoms with Crippen molar-refractivity contribution < 1.29 is 27.4 Å². The summed E-state index contributed by atoms with van der Waals surface area (Å²) in [4.78, 5) is 10.2. The number of pyridine rings is 1. The minimum Gasteiger partial charge on any atom is -0.486 e. The molecule has 1 aliphatic heterocycles. The fourth-order valence-electron chi connectivity index (χ4n) is 5.50. The van der Waals surface area contributed by atoms with Gasteiger partial charge >= 0.3 is 0 Å². The molecule has 7 rings (SSSR count). The van der Waals surface area contributed by atoms with Crippen LogP contribution >= 0.6 is 22.9 Å². The van der Waals surface area contributed by atoms with Crippen LogP contribution in [0, 0.1) is 6.92 Å². The lowest BCUT2D eigenvalue weighted by molar-refractivity contribution is -0.171. The van der Waals surface area contributed by atoms with Crippen LogP contribution in [-0.2, 0) is 25.1 Å². The fraction of sp³-hybridized carbons (Fsp3) is 0.290. The molecule has 12 heteroatoms. The summed E-state index contributed by atoms with van der Waals surface area (Å²) in [5, 5.41) is 1.82. The Balaban J connectivity index is 1.44. The summed E-state index contributed by atoms with van der Waals surface area (Å²) in [5.41, 5.74) is 2.44. The second kappa shape index (κ2) is 10.9. The molecule has 1 fully saturated rings. The molecule has 0 unspecified atom stereocenters. The van der Waals surface area contributed by atoms with E-state index in [2.05, 4.69) is 4.98 Å². The number of hydrogen-bond donors (Lipinski definition) is 0. The third-order valence-electron chi connectivity index (χ3n) is 7.89. The summed E-state index contributed by atoms with van der Waals surface area (Å²) in [5.74, 6) is 1.16. The van der Waals surface area contributed by atoms with Crippen molar-refractivity contribution in [2.45, 2.75) is 36.7 Å². The normalized spacial score (nSPS) is 15.9. The number of benzene rings is 2. The Bertz CT molecular complexity index is 1950. The highest BCUT2D eigenvalue weighted by Crippen LogP contribution is 2.49. The number of aromatic nitrogens is 3. The number of nitrogens with zero attached hydrogens (tertiary/aromatic N) is 3. The monoisotopic (exact) mass is 637 g/mol. The number of ether oxygens (including phenoxy) is 4. The molecule has 2 aromatic carbocycles. The molecule has 1 saturated carbocycles. The third kappa shape index (κ3) is 4.79. The number of fused-ring (bicyclic) bond motifs is 2. The van der Waals surface area contributed by atoms with Crippen molar-refractivity contribution in [3.8, 4) is 33.2 Å². The van der Waals surface area contributed by atoms with Gasteiger partial charge in [0.25, 0.3) is 10.0 Å². The molecule has 0 saturated heterocycles. The first kappa shape index (κ1) is 28.3. The maximum atomic E-state index is 14.3. The zero-order valence-electron chi connectivity index (χ0n) is 23.5. The molecular formula is C31H28ClN3O6S2. The average molecular weight is 638 g/mol. The van der Waals surface area contributed by atoms with Gasteiger partial charge in [-0.25, -0.2) is 22.4 Å². The molecule has 0 atom stereocenters. The van der Waals surface area contributed by atoms with Gasteiger partial charge in [-0.3, -0.25) is 0 Å². The maximum Gasteiger partial charge on any atom is 0.269 e. The molecule has 0 amide bonds. The van der Waals surface area contributed by atoms with Crippen molar-refractivity contribution in [1.82, 2.24) is 13.9 Å². The summed E-state index contributed by atoms with van der Waals surface area (Å²) in [7, 11) is -2.48. The van der Waals surface area contributed by atoms with Crippen LogP contribution in [0.5, 0.6) is 11.5 Å². The van der Waals surface area contributed by atoms with Gasteiger partial charge in [-0.2, -0.15) is 0 Å². The summed E-state index contributed by atoms with van der Waals surface area (Å²) in [6.07, 6.45) is 6.00. The summed E-state index contributed by atoms with van der Waals surface area (Å²) in [6.45, 7) is 2.95. The van der Waals surface area contributed by atoms with Crippen molar-refractivity contribution in [3.05, 3.63) is 76.5 Å². The number of halogens is 1. The molecule has 0 bridgehead atoms. The third-order valence-corrected chi connectivity index (χ3v) is 11.1. The van der Waals surface area contributed by atoms with E-state index in [0.29, 0.717) is 51.9 Å². The lowest BCUT2D eigenvalue weighted by Crippen LogP contribution is -2.37. The number of hydrogen-bond acceptors (Lipinski definition) is 9. The van der Waals surface area contributed by atoms with E-state index in [4.69, 9.17) is 35.5 Å². The summed E-state index contributed by atoms with van der Waals surface area (Å²) >= 11 is 8.30. The Kier molecular flexibility index (Phi) is 7.18.